The second-order valence-corrected chi connectivity index (χ2v) is 4.54. The monoisotopic (exact) mass is 292 g/mol. The third-order valence-electron chi connectivity index (χ3n) is 3.03. The van der Waals surface area contributed by atoms with E-state index in [0.717, 1.165) is 19.4 Å². The van der Waals surface area contributed by atoms with E-state index in [0.29, 0.717) is 4.90 Å². The molecule has 0 aliphatic carbocycles. The number of carbonyl (C=O) groups excluding carboxylic acids is 1. The normalized spacial score (nSPS) is 19.3. The van der Waals surface area contributed by atoms with Crippen LogP contribution in [0.1, 0.15) is 42.3 Å². The summed E-state index contributed by atoms with van der Waals surface area (Å²) in [6, 6.07) is -0.123. The molecular weight excluding hydrogens is 277 g/mol. The first-order valence-electron chi connectivity index (χ1n) is 6.33. The van der Waals surface area contributed by atoms with Gasteiger partial charge in [-0.15, -0.1) is 0 Å². The molecule has 1 atom stereocenters. The maximum Gasteiger partial charge on any atom is 0.406 e. The van der Waals surface area contributed by atoms with Gasteiger partial charge in [-0.2, -0.15) is 18.2 Å². The first-order chi connectivity index (χ1) is 9.40. The van der Waals surface area contributed by atoms with Crippen molar-refractivity contribution in [1.29, 1.82) is 0 Å². The van der Waals surface area contributed by atoms with Gasteiger partial charge in [0.05, 0.1) is 6.04 Å². The lowest BCUT2D eigenvalue weighted by atomic mass is 10.2. The number of nitrogens with one attached hydrogen (secondary N) is 1. The first kappa shape index (κ1) is 14.8. The molecule has 112 valence electrons. The van der Waals surface area contributed by atoms with Crippen molar-refractivity contribution in [3.05, 3.63) is 11.7 Å². The van der Waals surface area contributed by atoms with Gasteiger partial charge in [0.15, 0.2) is 0 Å². The molecule has 0 radical (unpaired) electrons. The van der Waals surface area contributed by atoms with Gasteiger partial charge in [0, 0.05) is 6.54 Å². The average molecular weight is 292 g/mol. The van der Waals surface area contributed by atoms with Gasteiger partial charge < -0.3 is 14.7 Å². The molecule has 0 saturated carbocycles. The van der Waals surface area contributed by atoms with E-state index in [-0.39, 0.29) is 24.3 Å². The van der Waals surface area contributed by atoms with Gasteiger partial charge in [-0.25, -0.2) is 0 Å². The van der Waals surface area contributed by atoms with E-state index in [1.165, 1.54) is 6.92 Å². The Balaban J connectivity index is 2.07. The highest BCUT2D eigenvalue weighted by molar-refractivity contribution is 5.90. The summed E-state index contributed by atoms with van der Waals surface area (Å²) in [6.45, 7) is 0.867. The van der Waals surface area contributed by atoms with Crippen LogP contribution < -0.4 is 5.32 Å². The third-order valence-corrected chi connectivity index (χ3v) is 3.03. The van der Waals surface area contributed by atoms with Crippen LogP contribution in [0.3, 0.4) is 0 Å². The van der Waals surface area contributed by atoms with Crippen LogP contribution in [-0.2, 0) is 0 Å². The molecule has 1 N–H and O–H groups in total. The van der Waals surface area contributed by atoms with Crippen molar-refractivity contribution in [3.8, 4) is 0 Å². The minimum absolute atomic E-state index is 0.0795. The zero-order valence-corrected chi connectivity index (χ0v) is 10.9. The van der Waals surface area contributed by atoms with Crippen molar-refractivity contribution in [2.24, 2.45) is 0 Å². The molecule has 1 aliphatic heterocycles. The molecule has 1 aliphatic rings. The molecule has 1 fully saturated rings. The first-order valence-corrected chi connectivity index (χ1v) is 6.33. The number of rotatable bonds is 4. The Morgan fingerprint density at radius 3 is 2.85 bits per heavy atom. The summed E-state index contributed by atoms with van der Waals surface area (Å²) in [7, 11) is 0. The topological polar surface area (TPSA) is 71.3 Å². The van der Waals surface area contributed by atoms with E-state index in [9.17, 15) is 18.0 Å². The number of alkyl halides is 3. The maximum absolute atomic E-state index is 12.4. The Morgan fingerprint density at radius 1 is 1.55 bits per heavy atom. The predicted molar refractivity (Wildman–Crippen MR) is 61.9 cm³/mol. The molecule has 6 nitrogen and oxygen atoms in total. The Bertz CT molecular complexity index is 468. The lowest BCUT2D eigenvalue weighted by Gasteiger charge is -2.20. The predicted octanol–water partition coefficient (Wildman–Crippen LogP) is 1.52. The zero-order valence-electron chi connectivity index (χ0n) is 10.9. The van der Waals surface area contributed by atoms with Crippen LogP contribution in [0, 0.1) is 0 Å². The van der Waals surface area contributed by atoms with Crippen molar-refractivity contribution in [2.75, 3.05) is 19.6 Å². The number of carbonyl (C=O) groups is 1. The van der Waals surface area contributed by atoms with Crippen molar-refractivity contribution in [2.45, 2.75) is 32.0 Å². The van der Waals surface area contributed by atoms with Crippen LogP contribution >= 0.6 is 0 Å². The number of hydrogen-bond donors (Lipinski definition) is 1. The molecule has 1 saturated heterocycles. The van der Waals surface area contributed by atoms with Crippen molar-refractivity contribution < 1.29 is 22.5 Å². The lowest BCUT2D eigenvalue weighted by Crippen LogP contribution is -2.39. The highest BCUT2D eigenvalue weighted by atomic mass is 19.4. The molecule has 20 heavy (non-hydrogen) atoms. The molecule has 0 spiro atoms. The number of amides is 1. The van der Waals surface area contributed by atoms with Gasteiger partial charge in [-0.1, -0.05) is 5.16 Å². The fourth-order valence-electron chi connectivity index (χ4n) is 2.04. The molecule has 1 unspecified atom stereocenters. The Labute approximate surface area is 113 Å². The average Bonchev–Trinajstić information content (AvgIpc) is 3.03. The van der Waals surface area contributed by atoms with E-state index in [2.05, 4.69) is 15.5 Å². The van der Waals surface area contributed by atoms with Gasteiger partial charge in [0.25, 0.3) is 11.7 Å². The summed E-state index contributed by atoms with van der Waals surface area (Å²) in [5, 5.41) is 6.58. The molecule has 0 bridgehead atoms. The standard InChI is InChI=1S/C11H15F3N4O2/c1-2-18(6-11(12,13)14)10(19)8-16-9(20-17-8)7-4-3-5-15-7/h7,15H,2-6H2,1H3. The Hall–Kier alpha value is -1.64. The number of halogens is 3. The van der Waals surface area contributed by atoms with Crippen molar-refractivity contribution >= 4 is 5.91 Å². The lowest BCUT2D eigenvalue weighted by molar-refractivity contribution is -0.140. The number of nitrogens with zero attached hydrogens (tertiary/aromatic N) is 3. The van der Waals surface area contributed by atoms with Crippen molar-refractivity contribution in [3.63, 3.8) is 0 Å². The molecule has 1 aromatic heterocycles. The molecule has 1 amide bonds. The van der Waals surface area contributed by atoms with Gasteiger partial charge in [0.1, 0.15) is 6.54 Å². The van der Waals surface area contributed by atoms with Crippen LogP contribution in [0.5, 0.6) is 0 Å². The third kappa shape index (κ3) is 3.47. The zero-order chi connectivity index (χ0) is 14.8. The quantitative estimate of drug-likeness (QED) is 0.911. The molecule has 0 aromatic carbocycles. The molecule has 9 heteroatoms. The van der Waals surface area contributed by atoms with Gasteiger partial charge in [0.2, 0.25) is 5.89 Å². The van der Waals surface area contributed by atoms with Crippen LogP contribution in [0.25, 0.3) is 0 Å². The molecular formula is C11H15F3N4O2. The van der Waals surface area contributed by atoms with E-state index < -0.39 is 18.6 Å². The maximum atomic E-state index is 12.4. The number of hydrogen-bond acceptors (Lipinski definition) is 5. The van der Waals surface area contributed by atoms with Crippen LogP contribution in [-0.4, -0.2) is 46.8 Å². The minimum atomic E-state index is -4.45. The fourth-order valence-corrected chi connectivity index (χ4v) is 2.04. The van der Waals surface area contributed by atoms with Gasteiger partial charge in [-0.05, 0) is 26.3 Å². The summed E-state index contributed by atoms with van der Waals surface area (Å²) in [4.78, 5) is 16.4. The van der Waals surface area contributed by atoms with Crippen molar-refractivity contribution in [1.82, 2.24) is 20.4 Å². The van der Waals surface area contributed by atoms with E-state index in [4.69, 9.17) is 4.52 Å². The van der Waals surface area contributed by atoms with Crippen LogP contribution in [0.15, 0.2) is 4.52 Å². The van der Waals surface area contributed by atoms with Gasteiger partial charge >= 0.3 is 6.18 Å². The Morgan fingerprint density at radius 2 is 2.30 bits per heavy atom. The fraction of sp³-hybridized carbons (Fsp3) is 0.727. The Kier molecular flexibility index (Phi) is 4.26. The highest BCUT2D eigenvalue weighted by Gasteiger charge is 2.34. The molecule has 2 heterocycles. The van der Waals surface area contributed by atoms with E-state index in [1.807, 2.05) is 0 Å². The second kappa shape index (κ2) is 5.78. The summed E-state index contributed by atoms with van der Waals surface area (Å²) in [5.74, 6) is -0.966. The minimum Gasteiger partial charge on any atom is -0.337 e. The van der Waals surface area contributed by atoms with E-state index >= 15 is 0 Å². The SMILES string of the molecule is CCN(CC(F)(F)F)C(=O)c1noc(C2CCCN2)n1. The highest BCUT2D eigenvalue weighted by Crippen LogP contribution is 2.22. The summed E-state index contributed by atoms with van der Waals surface area (Å²) in [5.41, 5.74) is 0. The number of aromatic nitrogens is 2. The summed E-state index contributed by atoms with van der Waals surface area (Å²) in [6.07, 6.45) is -2.70. The summed E-state index contributed by atoms with van der Waals surface area (Å²) < 4.78 is 42.0. The summed E-state index contributed by atoms with van der Waals surface area (Å²) >= 11 is 0. The smallest absolute Gasteiger partial charge is 0.337 e. The van der Waals surface area contributed by atoms with Crippen LogP contribution in [0.4, 0.5) is 13.2 Å². The largest absolute Gasteiger partial charge is 0.406 e. The molecule has 2 rings (SSSR count). The van der Waals surface area contributed by atoms with Crippen LogP contribution in [0.2, 0.25) is 0 Å². The van der Waals surface area contributed by atoms with E-state index in [1.54, 1.807) is 0 Å². The molecule has 1 aromatic rings. The van der Waals surface area contributed by atoms with Gasteiger partial charge in [-0.3, -0.25) is 4.79 Å². The second-order valence-electron chi connectivity index (χ2n) is 4.54.